The summed E-state index contributed by atoms with van der Waals surface area (Å²) >= 11 is 0. The van der Waals surface area contributed by atoms with Gasteiger partial charge in [-0.05, 0) is 24.3 Å². The number of fused-ring (bicyclic) bond motifs is 1. The first kappa shape index (κ1) is 14.2. The smallest absolute Gasteiger partial charge is 0.243 e. The lowest BCUT2D eigenvalue weighted by Crippen LogP contribution is -2.38. The van der Waals surface area contributed by atoms with Crippen LogP contribution >= 0.6 is 0 Å². The molecule has 21 heavy (non-hydrogen) atoms. The summed E-state index contributed by atoms with van der Waals surface area (Å²) in [6.07, 6.45) is 2.14. The van der Waals surface area contributed by atoms with Gasteiger partial charge in [0.05, 0.1) is 4.90 Å². The number of carbonyl (C=O) groups is 1. The molecule has 0 N–H and O–H groups in total. The van der Waals surface area contributed by atoms with Crippen LogP contribution in [0.1, 0.15) is 12.8 Å². The highest BCUT2D eigenvalue weighted by atomic mass is 32.2. The Morgan fingerprint density at radius 1 is 1.00 bits per heavy atom. The molecule has 110 valence electrons. The summed E-state index contributed by atoms with van der Waals surface area (Å²) in [6.45, 7) is 0.823. The number of sulfonamides is 1. The zero-order valence-electron chi connectivity index (χ0n) is 11.6. The zero-order chi connectivity index (χ0) is 14.9. The van der Waals surface area contributed by atoms with Gasteiger partial charge in [-0.3, -0.25) is 0 Å². The highest BCUT2D eigenvalue weighted by Crippen LogP contribution is 2.28. The molecule has 0 aliphatic carbocycles. The van der Waals surface area contributed by atoms with Crippen LogP contribution in [0.25, 0.3) is 10.8 Å². The van der Waals surface area contributed by atoms with Crippen molar-refractivity contribution in [3.8, 4) is 0 Å². The highest BCUT2D eigenvalue weighted by Gasteiger charge is 2.30. The topological polar surface area (TPSA) is 54.5 Å². The Labute approximate surface area is 124 Å². The van der Waals surface area contributed by atoms with Gasteiger partial charge < -0.3 is 4.79 Å². The maximum absolute atomic E-state index is 12.8. The van der Waals surface area contributed by atoms with Crippen LogP contribution in [0.3, 0.4) is 0 Å². The molecule has 0 atom stereocenters. The third-order valence-corrected chi connectivity index (χ3v) is 6.02. The molecule has 0 aromatic heterocycles. The van der Waals surface area contributed by atoms with Crippen molar-refractivity contribution in [2.45, 2.75) is 17.7 Å². The molecular weight excluding hydrogens is 286 g/mol. The Kier molecular flexibility index (Phi) is 3.78. The van der Waals surface area contributed by atoms with E-state index in [4.69, 9.17) is 0 Å². The Morgan fingerprint density at radius 3 is 2.38 bits per heavy atom. The van der Waals surface area contributed by atoms with Gasteiger partial charge in [-0.2, -0.15) is 4.31 Å². The van der Waals surface area contributed by atoms with E-state index in [1.807, 2.05) is 30.3 Å². The average Bonchev–Trinajstić information content (AvgIpc) is 2.54. The maximum Gasteiger partial charge on any atom is 0.243 e. The van der Waals surface area contributed by atoms with Gasteiger partial charge >= 0.3 is 0 Å². The van der Waals surface area contributed by atoms with E-state index >= 15 is 0 Å². The summed E-state index contributed by atoms with van der Waals surface area (Å²) < 4.78 is 27.2. The lowest BCUT2D eigenvalue weighted by molar-refractivity contribution is -0.112. The lowest BCUT2D eigenvalue weighted by atomic mass is 10.0. The zero-order valence-corrected chi connectivity index (χ0v) is 12.4. The molecule has 4 nitrogen and oxygen atoms in total. The summed E-state index contributed by atoms with van der Waals surface area (Å²) in [6, 6.07) is 12.8. The molecule has 0 radical (unpaired) electrons. The molecule has 0 unspecified atom stereocenters. The van der Waals surface area contributed by atoms with Gasteiger partial charge in [0, 0.05) is 24.4 Å². The van der Waals surface area contributed by atoms with Crippen molar-refractivity contribution in [3.63, 3.8) is 0 Å². The fraction of sp³-hybridized carbons (Fsp3) is 0.312. The normalized spacial score (nSPS) is 17.9. The minimum atomic E-state index is -3.50. The van der Waals surface area contributed by atoms with Crippen LogP contribution in [0, 0.1) is 5.92 Å². The number of piperidine rings is 1. The van der Waals surface area contributed by atoms with Crippen LogP contribution in [0.5, 0.6) is 0 Å². The molecule has 2 aromatic carbocycles. The molecule has 1 saturated heterocycles. The quantitative estimate of drug-likeness (QED) is 0.818. The van der Waals surface area contributed by atoms with Gasteiger partial charge in [-0.15, -0.1) is 0 Å². The van der Waals surface area contributed by atoms with Crippen LogP contribution in [-0.4, -0.2) is 32.1 Å². The summed E-state index contributed by atoms with van der Waals surface area (Å²) in [5, 5.41) is 1.67. The summed E-state index contributed by atoms with van der Waals surface area (Å²) in [5.74, 6) is -0.0102. The minimum absolute atomic E-state index is 0.0102. The van der Waals surface area contributed by atoms with E-state index in [0.29, 0.717) is 30.8 Å². The van der Waals surface area contributed by atoms with Crippen LogP contribution in [-0.2, 0) is 14.8 Å². The molecule has 5 heteroatoms. The number of carbonyl (C=O) groups excluding carboxylic acids is 1. The Morgan fingerprint density at radius 2 is 1.67 bits per heavy atom. The fourth-order valence-electron chi connectivity index (χ4n) is 2.81. The van der Waals surface area contributed by atoms with Crippen molar-refractivity contribution in [3.05, 3.63) is 42.5 Å². The molecule has 0 bridgehead atoms. The van der Waals surface area contributed by atoms with Gasteiger partial charge in [0.25, 0.3) is 0 Å². The van der Waals surface area contributed by atoms with E-state index in [1.165, 1.54) is 4.31 Å². The fourth-order valence-corrected chi connectivity index (χ4v) is 4.50. The second-order valence-corrected chi connectivity index (χ2v) is 7.26. The average molecular weight is 303 g/mol. The maximum atomic E-state index is 12.8. The first-order valence-electron chi connectivity index (χ1n) is 7.06. The van der Waals surface area contributed by atoms with Crippen molar-refractivity contribution in [2.75, 3.05) is 13.1 Å². The van der Waals surface area contributed by atoms with Crippen LogP contribution in [0.15, 0.2) is 47.4 Å². The minimum Gasteiger partial charge on any atom is -0.303 e. The van der Waals surface area contributed by atoms with Crippen LogP contribution < -0.4 is 0 Å². The van der Waals surface area contributed by atoms with E-state index < -0.39 is 10.0 Å². The predicted octanol–water partition coefficient (Wildman–Crippen LogP) is 2.44. The van der Waals surface area contributed by atoms with Crippen molar-refractivity contribution >= 4 is 27.1 Å². The molecule has 1 aliphatic rings. The highest BCUT2D eigenvalue weighted by molar-refractivity contribution is 7.89. The summed E-state index contributed by atoms with van der Waals surface area (Å²) in [5.41, 5.74) is 0. The summed E-state index contributed by atoms with van der Waals surface area (Å²) in [4.78, 5) is 11.1. The molecule has 0 saturated carbocycles. The second kappa shape index (κ2) is 5.58. The number of hydrogen-bond acceptors (Lipinski definition) is 3. The van der Waals surface area contributed by atoms with Crippen LogP contribution in [0.4, 0.5) is 0 Å². The lowest BCUT2D eigenvalue weighted by Gasteiger charge is -2.29. The molecular formula is C16H17NO3S. The van der Waals surface area contributed by atoms with Crippen molar-refractivity contribution in [1.29, 1.82) is 0 Å². The Balaban J connectivity index is 1.99. The summed E-state index contributed by atoms with van der Waals surface area (Å²) in [7, 11) is -3.50. The third kappa shape index (κ3) is 2.59. The molecule has 0 amide bonds. The third-order valence-electron chi connectivity index (χ3n) is 4.06. The molecule has 2 aromatic rings. The van der Waals surface area contributed by atoms with E-state index in [-0.39, 0.29) is 5.92 Å². The van der Waals surface area contributed by atoms with E-state index in [9.17, 15) is 13.2 Å². The van der Waals surface area contributed by atoms with Crippen molar-refractivity contribution in [1.82, 2.24) is 4.31 Å². The number of rotatable bonds is 3. The molecule has 0 spiro atoms. The van der Waals surface area contributed by atoms with E-state index in [2.05, 4.69) is 0 Å². The van der Waals surface area contributed by atoms with Crippen molar-refractivity contribution < 1.29 is 13.2 Å². The van der Waals surface area contributed by atoms with Gasteiger partial charge in [0.2, 0.25) is 10.0 Å². The SMILES string of the molecule is O=CC1CCN(S(=O)(=O)c2cccc3ccccc23)CC1. The molecule has 3 rings (SSSR count). The van der Waals surface area contributed by atoms with E-state index in [0.717, 1.165) is 17.1 Å². The molecule has 1 fully saturated rings. The monoisotopic (exact) mass is 303 g/mol. The second-order valence-electron chi connectivity index (χ2n) is 5.35. The van der Waals surface area contributed by atoms with Gasteiger partial charge in [-0.25, -0.2) is 8.42 Å². The molecule has 1 aliphatic heterocycles. The van der Waals surface area contributed by atoms with Gasteiger partial charge in [-0.1, -0.05) is 36.4 Å². The molecule has 1 heterocycles. The predicted molar refractivity (Wildman–Crippen MR) is 81.5 cm³/mol. The first-order chi connectivity index (χ1) is 10.1. The number of aldehydes is 1. The standard InChI is InChI=1S/C16H17NO3S/c18-12-13-8-10-17(11-9-13)21(19,20)16-7-3-5-14-4-1-2-6-15(14)16/h1-7,12-13H,8-11H2. The number of nitrogens with zero attached hydrogens (tertiary/aromatic N) is 1. The van der Waals surface area contributed by atoms with Crippen LogP contribution in [0.2, 0.25) is 0 Å². The number of benzene rings is 2. The number of hydrogen-bond donors (Lipinski definition) is 0. The van der Waals surface area contributed by atoms with Crippen molar-refractivity contribution in [2.24, 2.45) is 5.92 Å². The largest absolute Gasteiger partial charge is 0.303 e. The first-order valence-corrected chi connectivity index (χ1v) is 8.50. The van der Waals surface area contributed by atoms with Gasteiger partial charge in [0.1, 0.15) is 6.29 Å². The Bertz CT molecular complexity index is 757. The Hall–Kier alpha value is -1.72. The van der Waals surface area contributed by atoms with E-state index in [1.54, 1.807) is 12.1 Å². The van der Waals surface area contributed by atoms with Gasteiger partial charge in [0.15, 0.2) is 0 Å².